The first-order valence-electron chi connectivity index (χ1n) is 8.98. The van der Waals surface area contributed by atoms with E-state index < -0.39 is 12.1 Å². The lowest BCUT2D eigenvalue weighted by molar-refractivity contribution is -0.142. The first-order chi connectivity index (χ1) is 14.0. The maximum Gasteiger partial charge on any atom is 0.269 e. The van der Waals surface area contributed by atoms with Gasteiger partial charge in [0, 0.05) is 18.8 Å². The molecule has 29 heavy (non-hydrogen) atoms. The standard InChI is InChI=1S/C20H21ClN4O4/c1-3-19(27)25-9-17(29-11-14(25)10-26)13-7-15(24-18(21)8-13)12-4-5-23-16(6-12)20(28)22-2/h3-8,14,17,26H,1,9-11H2,2H3,(H,22,28). The van der Waals surface area contributed by atoms with E-state index in [-0.39, 0.29) is 42.4 Å². The van der Waals surface area contributed by atoms with Gasteiger partial charge < -0.3 is 20.1 Å². The number of morpholine rings is 1. The van der Waals surface area contributed by atoms with Crippen molar-refractivity contribution in [3.63, 3.8) is 0 Å². The van der Waals surface area contributed by atoms with Gasteiger partial charge in [0.15, 0.2) is 0 Å². The number of halogens is 1. The Kier molecular flexibility index (Phi) is 6.58. The number of ether oxygens (including phenoxy) is 1. The van der Waals surface area contributed by atoms with Gasteiger partial charge in [-0.15, -0.1) is 0 Å². The Labute approximate surface area is 173 Å². The number of aliphatic hydroxyl groups is 1. The van der Waals surface area contributed by atoms with Gasteiger partial charge in [-0.25, -0.2) is 4.98 Å². The van der Waals surface area contributed by atoms with E-state index in [1.807, 2.05) is 0 Å². The van der Waals surface area contributed by atoms with Crippen molar-refractivity contribution in [3.8, 4) is 11.3 Å². The Bertz CT molecular complexity index is 936. The van der Waals surface area contributed by atoms with Gasteiger partial charge in [0.2, 0.25) is 5.91 Å². The van der Waals surface area contributed by atoms with Crippen molar-refractivity contribution >= 4 is 23.4 Å². The minimum atomic E-state index is -0.443. The van der Waals surface area contributed by atoms with Gasteiger partial charge in [-0.3, -0.25) is 14.6 Å². The molecular weight excluding hydrogens is 396 g/mol. The van der Waals surface area contributed by atoms with E-state index in [1.165, 1.54) is 24.2 Å². The number of hydrogen-bond acceptors (Lipinski definition) is 6. The fourth-order valence-corrected chi connectivity index (χ4v) is 3.35. The van der Waals surface area contributed by atoms with E-state index in [0.717, 1.165) is 5.56 Å². The Morgan fingerprint density at radius 2 is 2.24 bits per heavy atom. The lowest BCUT2D eigenvalue weighted by atomic mass is 10.0. The zero-order chi connectivity index (χ0) is 21.0. The van der Waals surface area contributed by atoms with Gasteiger partial charge in [-0.1, -0.05) is 18.2 Å². The molecule has 0 spiro atoms. The summed E-state index contributed by atoms with van der Waals surface area (Å²) in [7, 11) is 1.53. The van der Waals surface area contributed by atoms with E-state index in [0.29, 0.717) is 11.3 Å². The van der Waals surface area contributed by atoms with Crippen molar-refractivity contribution in [1.82, 2.24) is 20.2 Å². The van der Waals surface area contributed by atoms with E-state index in [4.69, 9.17) is 16.3 Å². The van der Waals surface area contributed by atoms with Crippen LogP contribution < -0.4 is 5.32 Å². The molecular formula is C20H21ClN4O4. The molecule has 0 radical (unpaired) electrons. The fraction of sp³-hybridized carbons (Fsp3) is 0.300. The van der Waals surface area contributed by atoms with Crippen molar-refractivity contribution < 1.29 is 19.4 Å². The number of amides is 2. The Hall–Kier alpha value is -2.81. The third kappa shape index (κ3) is 4.61. The maximum atomic E-state index is 12.2. The van der Waals surface area contributed by atoms with E-state index in [1.54, 1.807) is 24.3 Å². The van der Waals surface area contributed by atoms with Crippen molar-refractivity contribution in [2.75, 3.05) is 26.8 Å². The predicted octanol–water partition coefficient (Wildman–Crippen LogP) is 1.60. The summed E-state index contributed by atoms with van der Waals surface area (Å²) in [6, 6.07) is 6.40. The molecule has 2 aromatic heterocycles. The molecule has 0 aliphatic carbocycles. The van der Waals surface area contributed by atoms with Crippen LogP contribution in [0.3, 0.4) is 0 Å². The molecule has 1 fully saturated rings. The molecule has 2 unspecified atom stereocenters. The highest BCUT2D eigenvalue weighted by molar-refractivity contribution is 6.29. The van der Waals surface area contributed by atoms with Gasteiger partial charge in [0.05, 0.1) is 31.5 Å². The summed E-state index contributed by atoms with van der Waals surface area (Å²) in [4.78, 5) is 33.9. The molecule has 1 aliphatic rings. The molecule has 3 rings (SSSR count). The molecule has 8 nitrogen and oxygen atoms in total. The number of hydrogen-bond donors (Lipinski definition) is 2. The van der Waals surface area contributed by atoms with Gasteiger partial charge in [0.1, 0.15) is 17.0 Å². The number of nitrogens with one attached hydrogen (secondary N) is 1. The number of carbonyl (C=O) groups excluding carboxylic acids is 2. The average molecular weight is 417 g/mol. The monoisotopic (exact) mass is 416 g/mol. The minimum Gasteiger partial charge on any atom is -0.394 e. The third-order valence-corrected chi connectivity index (χ3v) is 4.86. The van der Waals surface area contributed by atoms with Crippen molar-refractivity contribution in [1.29, 1.82) is 0 Å². The predicted molar refractivity (Wildman–Crippen MR) is 107 cm³/mol. The van der Waals surface area contributed by atoms with E-state index >= 15 is 0 Å². The topological polar surface area (TPSA) is 105 Å². The number of carbonyl (C=O) groups is 2. The van der Waals surface area contributed by atoms with Crippen LogP contribution in [0.15, 0.2) is 43.1 Å². The molecule has 2 amide bonds. The number of aliphatic hydroxyl groups excluding tert-OH is 1. The van der Waals surface area contributed by atoms with E-state index in [9.17, 15) is 14.7 Å². The Balaban J connectivity index is 1.92. The maximum absolute atomic E-state index is 12.2. The van der Waals surface area contributed by atoms with Crippen LogP contribution in [0.1, 0.15) is 22.2 Å². The lowest BCUT2D eigenvalue weighted by Gasteiger charge is -2.38. The van der Waals surface area contributed by atoms with Crippen molar-refractivity contribution in [2.45, 2.75) is 12.1 Å². The summed E-state index contributed by atoms with van der Waals surface area (Å²) in [5.41, 5.74) is 2.22. The highest BCUT2D eigenvalue weighted by atomic mass is 35.5. The van der Waals surface area contributed by atoms with Gasteiger partial charge in [-0.05, 0) is 35.9 Å². The molecule has 2 N–H and O–H groups in total. The molecule has 2 atom stereocenters. The van der Waals surface area contributed by atoms with Gasteiger partial charge in [-0.2, -0.15) is 0 Å². The van der Waals surface area contributed by atoms with E-state index in [2.05, 4.69) is 21.9 Å². The molecule has 9 heteroatoms. The zero-order valence-corrected chi connectivity index (χ0v) is 16.6. The van der Waals surface area contributed by atoms with Gasteiger partial charge >= 0.3 is 0 Å². The third-order valence-electron chi connectivity index (χ3n) is 4.67. The van der Waals surface area contributed by atoms with Crippen LogP contribution in [0.2, 0.25) is 5.15 Å². The molecule has 3 heterocycles. The zero-order valence-electron chi connectivity index (χ0n) is 15.8. The summed E-state index contributed by atoms with van der Waals surface area (Å²) < 4.78 is 5.87. The Morgan fingerprint density at radius 3 is 2.93 bits per heavy atom. The number of nitrogens with zero attached hydrogens (tertiary/aromatic N) is 3. The summed E-state index contributed by atoms with van der Waals surface area (Å²) in [6.07, 6.45) is 2.30. The van der Waals surface area contributed by atoms with Crippen LogP contribution in [0.4, 0.5) is 0 Å². The quantitative estimate of drug-likeness (QED) is 0.566. The molecule has 152 valence electrons. The highest BCUT2D eigenvalue weighted by Crippen LogP contribution is 2.30. The molecule has 1 aliphatic heterocycles. The van der Waals surface area contributed by atoms with Crippen LogP contribution in [0, 0.1) is 0 Å². The second-order valence-corrected chi connectivity index (χ2v) is 6.86. The smallest absolute Gasteiger partial charge is 0.269 e. The molecule has 2 aromatic rings. The van der Waals surface area contributed by atoms with Crippen LogP contribution in [0.5, 0.6) is 0 Å². The van der Waals surface area contributed by atoms with Crippen LogP contribution in [-0.4, -0.2) is 64.6 Å². The Morgan fingerprint density at radius 1 is 1.45 bits per heavy atom. The highest BCUT2D eigenvalue weighted by Gasteiger charge is 2.32. The number of aromatic nitrogens is 2. The molecule has 0 saturated carbocycles. The van der Waals surface area contributed by atoms with Crippen LogP contribution >= 0.6 is 11.6 Å². The molecule has 0 bridgehead atoms. The first kappa shape index (κ1) is 20.9. The SMILES string of the molecule is C=CC(=O)N1CC(c2cc(Cl)nc(-c3ccnc(C(=O)NC)c3)c2)OCC1CO. The first-order valence-corrected chi connectivity index (χ1v) is 9.36. The number of rotatable bonds is 5. The van der Waals surface area contributed by atoms with Crippen molar-refractivity contribution in [3.05, 3.63) is 59.5 Å². The molecule has 0 aromatic carbocycles. The second kappa shape index (κ2) is 9.13. The lowest BCUT2D eigenvalue weighted by Crippen LogP contribution is -2.50. The second-order valence-electron chi connectivity index (χ2n) is 6.47. The summed E-state index contributed by atoms with van der Waals surface area (Å²) in [6.45, 7) is 3.75. The fourth-order valence-electron chi connectivity index (χ4n) is 3.13. The molecule has 1 saturated heterocycles. The number of pyridine rings is 2. The van der Waals surface area contributed by atoms with Crippen LogP contribution in [0.25, 0.3) is 11.3 Å². The average Bonchev–Trinajstić information content (AvgIpc) is 2.77. The largest absolute Gasteiger partial charge is 0.394 e. The summed E-state index contributed by atoms with van der Waals surface area (Å²) in [5.74, 6) is -0.583. The minimum absolute atomic E-state index is 0.187. The normalized spacial score (nSPS) is 18.9. The van der Waals surface area contributed by atoms with Crippen LogP contribution in [-0.2, 0) is 9.53 Å². The van der Waals surface area contributed by atoms with Gasteiger partial charge in [0.25, 0.3) is 5.91 Å². The van der Waals surface area contributed by atoms with Crippen molar-refractivity contribution in [2.24, 2.45) is 0 Å². The summed E-state index contributed by atoms with van der Waals surface area (Å²) in [5, 5.41) is 12.3. The summed E-state index contributed by atoms with van der Waals surface area (Å²) >= 11 is 6.23.